The first-order valence-corrected chi connectivity index (χ1v) is 5.52. The molecule has 3 heteroatoms. The minimum atomic E-state index is 0.751. The molecule has 1 aliphatic carbocycles. The van der Waals surface area contributed by atoms with Crippen LogP contribution in [-0.2, 0) is 11.2 Å². The number of nitrogens with one attached hydrogen (secondary N) is 1. The van der Waals surface area contributed by atoms with Crippen molar-refractivity contribution in [2.24, 2.45) is 5.92 Å². The van der Waals surface area contributed by atoms with Crippen LogP contribution in [0, 0.1) is 5.92 Å². The van der Waals surface area contributed by atoms with Gasteiger partial charge in [0, 0.05) is 19.0 Å². The summed E-state index contributed by atoms with van der Waals surface area (Å²) in [7, 11) is 1.76. The highest BCUT2D eigenvalue weighted by Gasteiger charge is 2.16. The molecule has 1 aliphatic rings. The van der Waals surface area contributed by atoms with Gasteiger partial charge in [0.2, 0.25) is 0 Å². The third kappa shape index (κ3) is 2.93. The van der Waals surface area contributed by atoms with Crippen LogP contribution in [0.4, 0.5) is 0 Å². The van der Waals surface area contributed by atoms with Crippen molar-refractivity contribution in [1.29, 1.82) is 0 Å². The Labute approximate surface area is 90.6 Å². The summed E-state index contributed by atoms with van der Waals surface area (Å²) in [5.41, 5.74) is 2.70. The molecule has 0 amide bonds. The number of H-pyrrole nitrogens is 1. The number of rotatable bonds is 4. The molecule has 0 fully saturated rings. The molecule has 1 aromatic rings. The number of hydrogen-bond acceptors (Lipinski definition) is 2. The van der Waals surface area contributed by atoms with Crippen molar-refractivity contribution < 1.29 is 4.74 Å². The largest absolute Gasteiger partial charge is 0.380 e. The summed E-state index contributed by atoms with van der Waals surface area (Å²) >= 11 is 0. The number of hydrogen-bond donors (Lipinski definition) is 1. The van der Waals surface area contributed by atoms with Crippen LogP contribution in [0.2, 0.25) is 0 Å². The van der Waals surface area contributed by atoms with Crippen molar-refractivity contribution >= 4 is 0 Å². The number of ether oxygens (including phenoxy) is 1. The van der Waals surface area contributed by atoms with E-state index in [0.717, 1.165) is 18.9 Å². The molecule has 0 aromatic carbocycles. The zero-order valence-corrected chi connectivity index (χ0v) is 9.20. The molecule has 15 heavy (non-hydrogen) atoms. The second kappa shape index (κ2) is 5.12. The quantitative estimate of drug-likeness (QED) is 0.768. The van der Waals surface area contributed by atoms with Crippen LogP contribution in [-0.4, -0.2) is 23.7 Å². The minimum absolute atomic E-state index is 0.751. The fraction of sp³-hybridized carbons (Fsp3) is 0.583. The number of aromatic nitrogens is 2. The molecule has 1 N–H and O–H groups in total. The summed E-state index contributed by atoms with van der Waals surface area (Å²) in [5, 5.41) is 0. The van der Waals surface area contributed by atoms with E-state index in [2.05, 4.69) is 16.0 Å². The molecule has 1 atom stereocenters. The van der Waals surface area contributed by atoms with Crippen molar-refractivity contribution in [3.63, 3.8) is 0 Å². The summed E-state index contributed by atoms with van der Waals surface area (Å²) in [6.45, 7) is 0.791. The van der Waals surface area contributed by atoms with E-state index in [9.17, 15) is 0 Å². The molecule has 0 bridgehead atoms. The number of aromatic amines is 1. The second-order valence-corrected chi connectivity index (χ2v) is 4.22. The maximum atomic E-state index is 5.18. The molecule has 82 valence electrons. The van der Waals surface area contributed by atoms with Gasteiger partial charge < -0.3 is 9.72 Å². The lowest BCUT2D eigenvalue weighted by Crippen LogP contribution is -2.12. The Morgan fingerprint density at radius 1 is 1.60 bits per heavy atom. The molecular formula is C12H18N2O. The molecule has 3 nitrogen and oxygen atoms in total. The Bertz CT molecular complexity index is 316. The third-order valence-corrected chi connectivity index (χ3v) is 2.95. The zero-order chi connectivity index (χ0) is 10.5. The summed E-state index contributed by atoms with van der Waals surface area (Å²) < 4.78 is 5.18. The van der Waals surface area contributed by atoms with Gasteiger partial charge in [-0.05, 0) is 37.2 Å². The monoisotopic (exact) mass is 206 g/mol. The highest BCUT2D eigenvalue weighted by Crippen LogP contribution is 2.26. The van der Waals surface area contributed by atoms with E-state index >= 15 is 0 Å². The van der Waals surface area contributed by atoms with Crippen molar-refractivity contribution in [3.8, 4) is 0 Å². The lowest BCUT2D eigenvalue weighted by Gasteiger charge is -2.21. The van der Waals surface area contributed by atoms with Crippen LogP contribution in [0.15, 0.2) is 24.2 Å². The lowest BCUT2D eigenvalue weighted by atomic mass is 9.86. The third-order valence-electron chi connectivity index (χ3n) is 2.95. The van der Waals surface area contributed by atoms with Gasteiger partial charge in [0.1, 0.15) is 0 Å². The van der Waals surface area contributed by atoms with E-state index in [1.54, 1.807) is 13.4 Å². The van der Waals surface area contributed by atoms with Gasteiger partial charge in [0.05, 0.1) is 12.9 Å². The van der Waals surface area contributed by atoms with Crippen LogP contribution in [0.25, 0.3) is 0 Å². The Morgan fingerprint density at radius 2 is 2.53 bits per heavy atom. The van der Waals surface area contributed by atoms with Gasteiger partial charge in [-0.2, -0.15) is 0 Å². The summed E-state index contributed by atoms with van der Waals surface area (Å²) in [4.78, 5) is 7.22. The zero-order valence-electron chi connectivity index (χ0n) is 9.20. The first-order chi connectivity index (χ1) is 7.38. The van der Waals surface area contributed by atoms with Gasteiger partial charge in [0.25, 0.3) is 0 Å². The van der Waals surface area contributed by atoms with Crippen molar-refractivity contribution in [2.75, 3.05) is 13.7 Å². The predicted molar refractivity (Wildman–Crippen MR) is 59.6 cm³/mol. The van der Waals surface area contributed by atoms with Crippen molar-refractivity contribution in [1.82, 2.24) is 9.97 Å². The summed E-state index contributed by atoms with van der Waals surface area (Å²) in [6.07, 6.45) is 10.8. The first-order valence-electron chi connectivity index (χ1n) is 5.52. The predicted octanol–water partition coefficient (Wildman–Crippen LogP) is 2.33. The van der Waals surface area contributed by atoms with Crippen molar-refractivity contribution in [3.05, 3.63) is 29.9 Å². The number of imidazole rings is 1. The molecule has 0 saturated carbocycles. The molecule has 2 rings (SSSR count). The van der Waals surface area contributed by atoms with Gasteiger partial charge in [-0.25, -0.2) is 4.98 Å². The van der Waals surface area contributed by atoms with E-state index in [4.69, 9.17) is 4.74 Å². The first kappa shape index (κ1) is 10.4. The Morgan fingerprint density at radius 3 is 3.27 bits per heavy atom. The normalized spacial score (nSPS) is 21.4. The Kier molecular flexibility index (Phi) is 3.56. The van der Waals surface area contributed by atoms with Gasteiger partial charge >= 0.3 is 0 Å². The maximum Gasteiger partial charge on any atom is 0.0921 e. The van der Waals surface area contributed by atoms with Gasteiger partial charge in [-0.15, -0.1) is 0 Å². The van der Waals surface area contributed by atoms with Gasteiger partial charge in [-0.1, -0.05) is 6.08 Å². The molecule has 0 saturated heterocycles. The van der Waals surface area contributed by atoms with Gasteiger partial charge in [-0.3, -0.25) is 0 Å². The lowest BCUT2D eigenvalue weighted by molar-refractivity contribution is 0.216. The highest BCUT2D eigenvalue weighted by atomic mass is 16.5. The maximum absolute atomic E-state index is 5.18. The van der Waals surface area contributed by atoms with Gasteiger partial charge in [0.15, 0.2) is 0 Å². The van der Waals surface area contributed by atoms with E-state index in [1.165, 1.54) is 30.5 Å². The molecule has 0 radical (unpaired) electrons. The van der Waals surface area contributed by atoms with Crippen LogP contribution < -0.4 is 0 Å². The highest BCUT2D eigenvalue weighted by molar-refractivity contribution is 5.09. The number of allylic oxidation sites excluding steroid dienone is 1. The SMILES string of the molecule is COCC1=CCCC(Cc2cnc[nH]2)C1. The fourth-order valence-electron chi connectivity index (χ4n) is 2.26. The van der Waals surface area contributed by atoms with E-state index in [-0.39, 0.29) is 0 Å². The molecule has 1 aromatic heterocycles. The smallest absolute Gasteiger partial charge is 0.0921 e. The van der Waals surface area contributed by atoms with Crippen LogP contribution in [0.1, 0.15) is 25.0 Å². The average Bonchev–Trinajstić information content (AvgIpc) is 2.71. The molecule has 0 spiro atoms. The topological polar surface area (TPSA) is 37.9 Å². The van der Waals surface area contributed by atoms with Crippen LogP contribution in [0.5, 0.6) is 0 Å². The number of methoxy groups -OCH3 is 1. The van der Waals surface area contributed by atoms with Crippen molar-refractivity contribution in [2.45, 2.75) is 25.7 Å². The standard InChI is InChI=1S/C12H18N2O/c1-15-8-11-4-2-3-10(5-11)6-12-7-13-9-14-12/h4,7,9-10H,2-3,5-6,8H2,1H3,(H,13,14). The fourth-order valence-corrected chi connectivity index (χ4v) is 2.26. The Hall–Kier alpha value is -1.09. The van der Waals surface area contributed by atoms with E-state index in [1.807, 2.05) is 6.20 Å². The average molecular weight is 206 g/mol. The molecule has 1 unspecified atom stereocenters. The molecular weight excluding hydrogens is 188 g/mol. The van der Waals surface area contributed by atoms with Crippen LogP contribution >= 0.6 is 0 Å². The molecule has 1 heterocycles. The van der Waals surface area contributed by atoms with E-state index in [0.29, 0.717) is 0 Å². The summed E-state index contributed by atoms with van der Waals surface area (Å²) in [5.74, 6) is 0.751. The van der Waals surface area contributed by atoms with Crippen LogP contribution in [0.3, 0.4) is 0 Å². The second-order valence-electron chi connectivity index (χ2n) is 4.22. The number of nitrogens with zero attached hydrogens (tertiary/aromatic N) is 1. The van der Waals surface area contributed by atoms with E-state index < -0.39 is 0 Å². The Balaban J connectivity index is 1.87. The minimum Gasteiger partial charge on any atom is -0.380 e. The summed E-state index contributed by atoms with van der Waals surface area (Å²) in [6, 6.07) is 0. The molecule has 0 aliphatic heterocycles.